The Morgan fingerprint density at radius 1 is 0.941 bits per heavy atom. The van der Waals surface area contributed by atoms with Crippen molar-refractivity contribution in [1.29, 1.82) is 0 Å². The van der Waals surface area contributed by atoms with E-state index in [0.29, 0.717) is 26.0 Å². The van der Waals surface area contributed by atoms with Gasteiger partial charge in [-0.3, -0.25) is 9.59 Å². The maximum absolute atomic E-state index is 13.2. The monoisotopic (exact) mass is 468 g/mol. The summed E-state index contributed by atoms with van der Waals surface area (Å²) < 4.78 is 16.1. The smallest absolute Gasteiger partial charge is 0.242 e. The summed E-state index contributed by atoms with van der Waals surface area (Å²) in [5.41, 5.74) is 0.948. The molecule has 1 saturated carbocycles. The minimum absolute atomic E-state index is 0.0665. The van der Waals surface area contributed by atoms with Gasteiger partial charge in [0.15, 0.2) is 0 Å². The maximum Gasteiger partial charge on any atom is 0.242 e. The second-order valence-electron chi connectivity index (χ2n) is 8.66. The van der Waals surface area contributed by atoms with Crippen LogP contribution < -0.4 is 19.5 Å². The molecule has 0 heterocycles. The Bertz CT molecular complexity index is 908. The number of hydrogen-bond acceptors (Lipinski definition) is 5. The maximum atomic E-state index is 13.2. The second-order valence-corrected chi connectivity index (χ2v) is 8.66. The van der Waals surface area contributed by atoms with E-state index in [9.17, 15) is 9.59 Å². The molecule has 1 fully saturated rings. The summed E-state index contributed by atoms with van der Waals surface area (Å²) in [6, 6.07) is 14.6. The van der Waals surface area contributed by atoms with Gasteiger partial charge in [0.2, 0.25) is 11.8 Å². The summed E-state index contributed by atoms with van der Waals surface area (Å²) in [6.07, 6.45) is 5.15. The molecule has 0 unspecified atom stereocenters. The van der Waals surface area contributed by atoms with Crippen molar-refractivity contribution in [3.05, 3.63) is 54.1 Å². The Balaban J connectivity index is 1.59. The molecule has 1 aliphatic rings. The first kappa shape index (κ1) is 25.4. The van der Waals surface area contributed by atoms with Gasteiger partial charge in [-0.05, 0) is 68.1 Å². The predicted molar refractivity (Wildman–Crippen MR) is 131 cm³/mol. The summed E-state index contributed by atoms with van der Waals surface area (Å²) in [5, 5.41) is 3.13. The van der Waals surface area contributed by atoms with Crippen molar-refractivity contribution in [2.45, 2.75) is 64.1 Å². The first-order valence-electron chi connectivity index (χ1n) is 12.0. The van der Waals surface area contributed by atoms with Crippen molar-refractivity contribution in [3.63, 3.8) is 0 Å². The molecule has 3 rings (SSSR count). The fourth-order valence-corrected chi connectivity index (χ4v) is 4.13. The molecule has 0 saturated heterocycles. The van der Waals surface area contributed by atoms with Crippen LogP contribution in [-0.2, 0) is 16.1 Å². The molecule has 0 aliphatic heterocycles. The van der Waals surface area contributed by atoms with Crippen LogP contribution >= 0.6 is 0 Å². The van der Waals surface area contributed by atoms with Crippen LogP contribution in [0.2, 0.25) is 0 Å². The Labute approximate surface area is 202 Å². The van der Waals surface area contributed by atoms with E-state index < -0.39 is 6.04 Å². The van der Waals surface area contributed by atoms with Crippen molar-refractivity contribution in [2.75, 3.05) is 20.8 Å². The topological polar surface area (TPSA) is 77.1 Å². The molecule has 1 aliphatic carbocycles. The summed E-state index contributed by atoms with van der Waals surface area (Å²) >= 11 is 0. The molecule has 7 nitrogen and oxygen atoms in total. The molecule has 7 heteroatoms. The minimum atomic E-state index is -0.558. The third-order valence-corrected chi connectivity index (χ3v) is 6.24. The van der Waals surface area contributed by atoms with Gasteiger partial charge in [-0.25, -0.2) is 0 Å². The van der Waals surface area contributed by atoms with Gasteiger partial charge in [0.1, 0.15) is 23.3 Å². The predicted octanol–water partition coefficient (Wildman–Crippen LogP) is 4.34. The van der Waals surface area contributed by atoms with Crippen LogP contribution in [0.3, 0.4) is 0 Å². The van der Waals surface area contributed by atoms with E-state index in [4.69, 9.17) is 14.2 Å². The van der Waals surface area contributed by atoms with E-state index in [2.05, 4.69) is 5.32 Å². The molecule has 34 heavy (non-hydrogen) atoms. The molecular formula is C27H36N2O5. The average Bonchev–Trinajstić information content (AvgIpc) is 3.38. The summed E-state index contributed by atoms with van der Waals surface area (Å²) in [6.45, 7) is 2.58. The number of amides is 2. The number of rotatable bonds is 12. The lowest BCUT2D eigenvalue weighted by atomic mass is 10.1. The van der Waals surface area contributed by atoms with E-state index in [1.165, 1.54) is 0 Å². The Hall–Kier alpha value is -3.22. The van der Waals surface area contributed by atoms with Crippen LogP contribution in [0.4, 0.5) is 0 Å². The standard InChI is InChI=1S/C27H36N2O5/c1-20(27(31)28-22-7-4-5-8-22)29(19-21-10-12-23(32-2)13-11-21)26(30)9-6-18-34-25-16-14-24(33-3)15-17-25/h10-17,20,22H,4-9,18-19H2,1-3H3,(H,28,31)/t20-/m1/s1. The van der Waals surface area contributed by atoms with Crippen molar-refractivity contribution in [3.8, 4) is 17.2 Å². The van der Waals surface area contributed by atoms with E-state index in [1.54, 1.807) is 26.0 Å². The number of nitrogens with zero attached hydrogens (tertiary/aromatic N) is 1. The molecular weight excluding hydrogens is 432 g/mol. The fourth-order valence-electron chi connectivity index (χ4n) is 4.13. The molecule has 1 atom stereocenters. The fraction of sp³-hybridized carbons (Fsp3) is 0.481. The SMILES string of the molecule is COc1ccc(CN(C(=O)CCCOc2ccc(OC)cc2)[C@H](C)C(=O)NC2CCCC2)cc1. The van der Waals surface area contributed by atoms with Crippen molar-refractivity contribution < 1.29 is 23.8 Å². The zero-order valence-corrected chi connectivity index (χ0v) is 20.4. The van der Waals surface area contributed by atoms with E-state index in [0.717, 1.165) is 48.5 Å². The molecule has 2 aromatic rings. The first-order chi connectivity index (χ1) is 16.5. The molecule has 1 N–H and O–H groups in total. The van der Waals surface area contributed by atoms with Crippen molar-refractivity contribution in [1.82, 2.24) is 10.2 Å². The number of nitrogens with one attached hydrogen (secondary N) is 1. The molecule has 0 aromatic heterocycles. The molecule has 0 spiro atoms. The van der Waals surface area contributed by atoms with Gasteiger partial charge in [-0.15, -0.1) is 0 Å². The highest BCUT2D eigenvalue weighted by Gasteiger charge is 2.28. The van der Waals surface area contributed by atoms with Crippen LogP contribution in [0.1, 0.15) is 51.0 Å². The summed E-state index contributed by atoms with van der Waals surface area (Å²) in [5.74, 6) is 2.09. The van der Waals surface area contributed by atoms with Crippen LogP contribution in [0.25, 0.3) is 0 Å². The lowest BCUT2D eigenvalue weighted by Gasteiger charge is -2.30. The Kier molecular flexibility index (Phi) is 9.62. The van der Waals surface area contributed by atoms with E-state index in [1.807, 2.05) is 48.5 Å². The van der Waals surface area contributed by atoms with Gasteiger partial charge in [0.05, 0.1) is 20.8 Å². The van der Waals surface area contributed by atoms with Crippen molar-refractivity contribution in [2.24, 2.45) is 0 Å². The zero-order chi connectivity index (χ0) is 24.3. The molecule has 184 valence electrons. The largest absolute Gasteiger partial charge is 0.497 e. The van der Waals surface area contributed by atoms with Crippen LogP contribution in [0.15, 0.2) is 48.5 Å². The molecule has 0 radical (unpaired) electrons. The highest BCUT2D eigenvalue weighted by molar-refractivity contribution is 5.87. The van der Waals surface area contributed by atoms with Crippen molar-refractivity contribution >= 4 is 11.8 Å². The normalized spacial score (nSPS) is 14.3. The second kappa shape index (κ2) is 12.9. The van der Waals surface area contributed by atoms with Gasteiger partial charge < -0.3 is 24.4 Å². The molecule has 2 amide bonds. The first-order valence-corrected chi connectivity index (χ1v) is 12.0. The Morgan fingerprint density at radius 3 is 2.09 bits per heavy atom. The molecule has 2 aromatic carbocycles. The quantitative estimate of drug-likeness (QED) is 0.469. The van der Waals surface area contributed by atoms with Gasteiger partial charge >= 0.3 is 0 Å². The Morgan fingerprint density at radius 2 is 1.50 bits per heavy atom. The highest BCUT2D eigenvalue weighted by Crippen LogP contribution is 2.20. The average molecular weight is 469 g/mol. The van der Waals surface area contributed by atoms with Crippen LogP contribution in [0.5, 0.6) is 17.2 Å². The number of hydrogen-bond donors (Lipinski definition) is 1. The van der Waals surface area contributed by atoms with Crippen LogP contribution in [0, 0.1) is 0 Å². The lowest BCUT2D eigenvalue weighted by Crippen LogP contribution is -2.49. The van der Waals surface area contributed by atoms with Gasteiger partial charge in [0.25, 0.3) is 0 Å². The third-order valence-electron chi connectivity index (χ3n) is 6.24. The highest BCUT2D eigenvalue weighted by atomic mass is 16.5. The van der Waals surface area contributed by atoms with Crippen LogP contribution in [-0.4, -0.2) is 49.6 Å². The number of carbonyl (C=O) groups is 2. The summed E-state index contributed by atoms with van der Waals surface area (Å²) in [7, 11) is 3.24. The number of benzene rings is 2. The number of carbonyl (C=O) groups excluding carboxylic acids is 2. The van der Waals surface area contributed by atoms with Gasteiger partial charge in [-0.1, -0.05) is 25.0 Å². The molecule has 0 bridgehead atoms. The number of methoxy groups -OCH3 is 2. The van der Waals surface area contributed by atoms with E-state index >= 15 is 0 Å². The summed E-state index contributed by atoms with van der Waals surface area (Å²) in [4.78, 5) is 27.8. The van der Waals surface area contributed by atoms with Gasteiger partial charge in [-0.2, -0.15) is 0 Å². The minimum Gasteiger partial charge on any atom is -0.497 e. The van der Waals surface area contributed by atoms with E-state index in [-0.39, 0.29) is 17.9 Å². The zero-order valence-electron chi connectivity index (χ0n) is 20.4. The lowest BCUT2D eigenvalue weighted by molar-refractivity contribution is -0.141. The number of ether oxygens (including phenoxy) is 3. The third kappa shape index (κ3) is 7.40. The van der Waals surface area contributed by atoms with Gasteiger partial charge in [0, 0.05) is 19.0 Å².